The molecule has 0 unspecified atom stereocenters. The first-order valence-corrected chi connectivity index (χ1v) is 8.03. The van der Waals surface area contributed by atoms with Gasteiger partial charge in [0.15, 0.2) is 5.82 Å². The monoisotopic (exact) mass is 317 g/mol. The van der Waals surface area contributed by atoms with Gasteiger partial charge in [0.25, 0.3) is 0 Å². The van der Waals surface area contributed by atoms with Crippen LogP contribution in [0.4, 0.5) is 5.82 Å². The number of ether oxygens (including phenoxy) is 1. The van der Waals surface area contributed by atoms with Gasteiger partial charge >= 0.3 is 0 Å². The van der Waals surface area contributed by atoms with Crippen molar-refractivity contribution in [3.05, 3.63) is 53.4 Å². The lowest BCUT2D eigenvalue weighted by Gasteiger charge is -2.31. The zero-order valence-electron chi connectivity index (χ0n) is 12.5. The summed E-state index contributed by atoms with van der Waals surface area (Å²) in [6, 6.07) is 10.4. The van der Waals surface area contributed by atoms with Crippen LogP contribution in [0, 0.1) is 5.92 Å². The molecule has 0 saturated carbocycles. The first kappa shape index (κ1) is 15.3. The van der Waals surface area contributed by atoms with Crippen LogP contribution in [0.25, 0.3) is 0 Å². The van der Waals surface area contributed by atoms with E-state index in [0.29, 0.717) is 10.9 Å². The highest BCUT2D eigenvalue weighted by Gasteiger charge is 2.20. The van der Waals surface area contributed by atoms with E-state index in [1.165, 1.54) is 5.56 Å². The second-order valence-electron chi connectivity index (χ2n) is 5.62. The Balaban J connectivity index is 1.80. The lowest BCUT2D eigenvalue weighted by atomic mass is 9.99. The van der Waals surface area contributed by atoms with Gasteiger partial charge < -0.3 is 9.64 Å². The maximum absolute atomic E-state index is 6.31. The molecule has 0 radical (unpaired) electrons. The first-order valence-electron chi connectivity index (χ1n) is 7.65. The van der Waals surface area contributed by atoms with Crippen molar-refractivity contribution in [1.82, 2.24) is 9.97 Å². The van der Waals surface area contributed by atoms with E-state index in [4.69, 9.17) is 16.3 Å². The molecular weight excluding hydrogens is 298 g/mol. The van der Waals surface area contributed by atoms with Crippen LogP contribution in [0.1, 0.15) is 18.4 Å². The molecule has 116 valence electrons. The van der Waals surface area contributed by atoms with E-state index >= 15 is 0 Å². The van der Waals surface area contributed by atoms with Gasteiger partial charge in [0, 0.05) is 26.3 Å². The van der Waals surface area contributed by atoms with Gasteiger partial charge in [-0.25, -0.2) is 9.97 Å². The van der Waals surface area contributed by atoms with Gasteiger partial charge in [0.05, 0.1) is 6.20 Å². The fourth-order valence-electron chi connectivity index (χ4n) is 2.81. The predicted molar refractivity (Wildman–Crippen MR) is 88.1 cm³/mol. The molecule has 0 atom stereocenters. The Labute approximate surface area is 136 Å². The quantitative estimate of drug-likeness (QED) is 0.845. The van der Waals surface area contributed by atoms with E-state index in [0.717, 1.165) is 45.0 Å². The molecular formula is C17H20ClN3O. The molecule has 3 rings (SSSR count). The summed E-state index contributed by atoms with van der Waals surface area (Å²) in [5, 5.41) is 0.602. The van der Waals surface area contributed by atoms with Crippen molar-refractivity contribution in [3.63, 3.8) is 0 Å². The van der Waals surface area contributed by atoms with Crippen molar-refractivity contribution in [2.75, 3.05) is 24.7 Å². The first-order chi connectivity index (χ1) is 10.8. The SMILES string of the molecule is Clc1cncnc1N(Cc1ccccc1)CC1CCOCC1. The molecule has 1 aliphatic rings. The molecule has 1 aromatic carbocycles. The lowest BCUT2D eigenvalue weighted by Crippen LogP contribution is -2.33. The number of aromatic nitrogens is 2. The minimum Gasteiger partial charge on any atom is -0.381 e. The summed E-state index contributed by atoms with van der Waals surface area (Å²) in [6.45, 7) is 3.44. The summed E-state index contributed by atoms with van der Waals surface area (Å²) in [7, 11) is 0. The number of halogens is 1. The van der Waals surface area contributed by atoms with Crippen molar-refractivity contribution in [3.8, 4) is 0 Å². The highest BCUT2D eigenvalue weighted by Crippen LogP contribution is 2.26. The smallest absolute Gasteiger partial charge is 0.151 e. The zero-order valence-corrected chi connectivity index (χ0v) is 13.2. The van der Waals surface area contributed by atoms with Gasteiger partial charge in [-0.05, 0) is 24.3 Å². The molecule has 0 bridgehead atoms. The number of hydrogen-bond donors (Lipinski definition) is 0. The van der Waals surface area contributed by atoms with Gasteiger partial charge in [0.2, 0.25) is 0 Å². The average Bonchev–Trinajstić information content (AvgIpc) is 2.57. The van der Waals surface area contributed by atoms with E-state index in [-0.39, 0.29) is 0 Å². The van der Waals surface area contributed by atoms with Crippen LogP contribution in [0.3, 0.4) is 0 Å². The normalized spacial score (nSPS) is 15.7. The summed E-state index contributed by atoms with van der Waals surface area (Å²) in [4.78, 5) is 10.6. The van der Waals surface area contributed by atoms with Crippen LogP contribution in [-0.2, 0) is 11.3 Å². The van der Waals surface area contributed by atoms with E-state index in [1.54, 1.807) is 12.5 Å². The Morgan fingerprint density at radius 3 is 2.68 bits per heavy atom. The van der Waals surface area contributed by atoms with Gasteiger partial charge in [0.1, 0.15) is 11.3 Å². The topological polar surface area (TPSA) is 38.2 Å². The summed E-state index contributed by atoms with van der Waals surface area (Å²) >= 11 is 6.31. The molecule has 4 nitrogen and oxygen atoms in total. The Kier molecular flexibility index (Phi) is 5.24. The molecule has 0 aliphatic carbocycles. The second-order valence-corrected chi connectivity index (χ2v) is 6.02. The Morgan fingerprint density at radius 1 is 1.18 bits per heavy atom. The average molecular weight is 318 g/mol. The van der Waals surface area contributed by atoms with Gasteiger partial charge in [-0.2, -0.15) is 0 Å². The number of rotatable bonds is 5. The molecule has 0 spiro atoms. The number of anilines is 1. The second kappa shape index (κ2) is 7.56. The van der Waals surface area contributed by atoms with Crippen molar-refractivity contribution in [2.45, 2.75) is 19.4 Å². The van der Waals surface area contributed by atoms with Gasteiger partial charge in [-0.3, -0.25) is 0 Å². The fraction of sp³-hybridized carbons (Fsp3) is 0.412. The van der Waals surface area contributed by atoms with Gasteiger partial charge in [-0.1, -0.05) is 41.9 Å². The van der Waals surface area contributed by atoms with Crippen molar-refractivity contribution >= 4 is 17.4 Å². The molecule has 1 saturated heterocycles. The molecule has 0 N–H and O–H groups in total. The van der Waals surface area contributed by atoms with E-state index in [1.807, 2.05) is 6.07 Å². The number of nitrogens with zero attached hydrogens (tertiary/aromatic N) is 3. The van der Waals surface area contributed by atoms with Crippen LogP contribution in [0.2, 0.25) is 5.02 Å². The highest BCUT2D eigenvalue weighted by atomic mass is 35.5. The minimum atomic E-state index is 0.602. The maximum atomic E-state index is 6.31. The Bertz CT molecular complexity index is 587. The summed E-state index contributed by atoms with van der Waals surface area (Å²) in [5.41, 5.74) is 1.25. The van der Waals surface area contributed by atoms with Crippen molar-refractivity contribution in [1.29, 1.82) is 0 Å². The number of hydrogen-bond acceptors (Lipinski definition) is 4. The lowest BCUT2D eigenvalue weighted by molar-refractivity contribution is 0.0681. The molecule has 2 aromatic rings. The third-order valence-electron chi connectivity index (χ3n) is 3.98. The summed E-state index contributed by atoms with van der Waals surface area (Å²) < 4.78 is 5.46. The highest BCUT2D eigenvalue weighted by molar-refractivity contribution is 6.32. The van der Waals surface area contributed by atoms with Crippen LogP contribution >= 0.6 is 11.6 Å². The number of benzene rings is 1. The summed E-state index contributed by atoms with van der Waals surface area (Å²) in [6.07, 6.45) is 5.40. The zero-order chi connectivity index (χ0) is 15.2. The largest absolute Gasteiger partial charge is 0.381 e. The van der Waals surface area contributed by atoms with Crippen LogP contribution in [0.15, 0.2) is 42.9 Å². The molecule has 1 aliphatic heterocycles. The van der Waals surface area contributed by atoms with Crippen LogP contribution in [-0.4, -0.2) is 29.7 Å². The molecule has 1 fully saturated rings. The third kappa shape index (κ3) is 3.96. The predicted octanol–water partition coefficient (Wildman–Crippen LogP) is 3.56. The molecule has 22 heavy (non-hydrogen) atoms. The van der Waals surface area contributed by atoms with Crippen LogP contribution in [0.5, 0.6) is 0 Å². The molecule has 5 heteroatoms. The standard InChI is InChI=1S/C17H20ClN3O/c18-16-10-19-13-20-17(16)21(11-14-4-2-1-3-5-14)12-15-6-8-22-9-7-15/h1-5,10,13,15H,6-9,11-12H2. The van der Waals surface area contributed by atoms with Crippen LogP contribution < -0.4 is 4.90 Å². The van der Waals surface area contributed by atoms with Crippen molar-refractivity contribution < 1.29 is 4.74 Å². The third-order valence-corrected chi connectivity index (χ3v) is 4.25. The Morgan fingerprint density at radius 2 is 1.95 bits per heavy atom. The Hall–Kier alpha value is -1.65. The van der Waals surface area contributed by atoms with E-state index < -0.39 is 0 Å². The van der Waals surface area contributed by atoms with E-state index in [2.05, 4.69) is 39.1 Å². The maximum Gasteiger partial charge on any atom is 0.151 e. The van der Waals surface area contributed by atoms with E-state index in [9.17, 15) is 0 Å². The fourth-order valence-corrected chi connectivity index (χ4v) is 3.03. The molecule has 1 aromatic heterocycles. The van der Waals surface area contributed by atoms with Gasteiger partial charge in [-0.15, -0.1) is 0 Å². The molecule has 0 amide bonds. The summed E-state index contributed by atoms with van der Waals surface area (Å²) in [5.74, 6) is 1.43. The molecule has 2 heterocycles. The van der Waals surface area contributed by atoms with Crippen molar-refractivity contribution in [2.24, 2.45) is 5.92 Å². The minimum absolute atomic E-state index is 0.602.